The third-order valence-corrected chi connectivity index (χ3v) is 4.49. The molecule has 3 rings (SSSR count). The van der Waals surface area contributed by atoms with E-state index in [1.807, 2.05) is 31.3 Å². The molecule has 0 aliphatic heterocycles. The zero-order valence-corrected chi connectivity index (χ0v) is 13.9. The first-order valence-corrected chi connectivity index (χ1v) is 7.99. The van der Waals surface area contributed by atoms with E-state index in [2.05, 4.69) is 27.9 Å². The minimum atomic E-state index is 0.275. The summed E-state index contributed by atoms with van der Waals surface area (Å²) in [5, 5.41) is 2.04. The fourth-order valence-corrected chi connectivity index (χ4v) is 3.58. The number of hydrogen-bond donors (Lipinski definition) is 0. The molecule has 0 aliphatic carbocycles. The van der Waals surface area contributed by atoms with Crippen LogP contribution in [0.2, 0.25) is 10.3 Å². The van der Waals surface area contributed by atoms with Crippen LogP contribution in [-0.2, 0) is 6.54 Å². The van der Waals surface area contributed by atoms with Crippen LogP contribution in [-0.4, -0.2) is 17.0 Å². The lowest BCUT2D eigenvalue weighted by atomic mass is 10.2. The fourth-order valence-electron chi connectivity index (χ4n) is 2.28. The van der Waals surface area contributed by atoms with Gasteiger partial charge in [-0.3, -0.25) is 0 Å². The first kappa shape index (κ1) is 14.6. The van der Waals surface area contributed by atoms with E-state index >= 15 is 0 Å². The Bertz CT molecular complexity index is 801. The second-order valence-electron chi connectivity index (χ2n) is 4.88. The average molecular weight is 338 g/mol. The molecular weight excluding hydrogens is 325 g/mol. The molecule has 3 nitrogen and oxygen atoms in total. The van der Waals surface area contributed by atoms with E-state index in [9.17, 15) is 0 Å². The summed E-state index contributed by atoms with van der Waals surface area (Å²) in [6.07, 6.45) is 0. The van der Waals surface area contributed by atoms with E-state index < -0.39 is 0 Å². The summed E-state index contributed by atoms with van der Waals surface area (Å²) < 4.78 is 0. The Hall–Kier alpha value is -1.36. The average Bonchev–Trinajstić information content (AvgIpc) is 2.77. The minimum absolute atomic E-state index is 0.275. The van der Waals surface area contributed by atoms with E-state index in [-0.39, 0.29) is 5.28 Å². The fraction of sp³-hybridized carbons (Fsp3) is 0.200. The van der Waals surface area contributed by atoms with E-state index in [0.717, 1.165) is 26.6 Å². The number of anilines is 1. The molecule has 2 aromatic heterocycles. The van der Waals surface area contributed by atoms with Gasteiger partial charge in [0.1, 0.15) is 10.6 Å². The molecule has 21 heavy (non-hydrogen) atoms. The molecule has 0 spiro atoms. The first-order chi connectivity index (χ1) is 10.0. The van der Waals surface area contributed by atoms with Crippen molar-refractivity contribution < 1.29 is 0 Å². The highest BCUT2D eigenvalue weighted by Crippen LogP contribution is 2.31. The predicted octanol–water partition coefficient (Wildman–Crippen LogP) is 4.94. The summed E-state index contributed by atoms with van der Waals surface area (Å²) in [5.74, 6) is 0.842. The maximum absolute atomic E-state index is 6.04. The van der Waals surface area contributed by atoms with Crippen LogP contribution < -0.4 is 4.90 Å². The number of thiophene rings is 1. The normalized spacial score (nSPS) is 11.0. The number of aromatic nitrogens is 2. The lowest BCUT2D eigenvalue weighted by molar-refractivity contribution is 0.901. The smallest absolute Gasteiger partial charge is 0.225 e. The SMILES string of the molecule is Cc1cc2c(N(C)Cc3cccc(Cl)c3)nc(Cl)nc2s1. The zero-order valence-electron chi connectivity index (χ0n) is 11.6. The highest BCUT2D eigenvalue weighted by atomic mass is 35.5. The van der Waals surface area contributed by atoms with Crippen molar-refractivity contribution >= 4 is 50.6 Å². The molecule has 1 aromatic carbocycles. The molecule has 0 saturated carbocycles. The highest BCUT2D eigenvalue weighted by Gasteiger charge is 2.13. The van der Waals surface area contributed by atoms with Crippen molar-refractivity contribution in [3.63, 3.8) is 0 Å². The molecule has 0 aliphatic rings. The number of halogens is 2. The van der Waals surface area contributed by atoms with E-state index in [4.69, 9.17) is 23.2 Å². The van der Waals surface area contributed by atoms with Crippen molar-refractivity contribution in [3.05, 3.63) is 51.1 Å². The molecule has 3 aromatic rings. The van der Waals surface area contributed by atoms with Gasteiger partial charge in [0.25, 0.3) is 0 Å². The topological polar surface area (TPSA) is 29.0 Å². The molecule has 0 fully saturated rings. The molecule has 0 atom stereocenters. The standard InChI is InChI=1S/C15H13Cl2N3S/c1-9-6-12-13(18-15(17)19-14(12)21-9)20(2)8-10-4-3-5-11(16)7-10/h3-7H,8H2,1-2H3. The number of rotatable bonds is 3. The zero-order chi connectivity index (χ0) is 15.0. The summed E-state index contributed by atoms with van der Waals surface area (Å²) in [5.41, 5.74) is 1.12. The van der Waals surface area contributed by atoms with Crippen LogP contribution in [0.15, 0.2) is 30.3 Å². The maximum atomic E-state index is 6.04. The Labute approximate surface area is 137 Å². The molecule has 0 radical (unpaired) electrons. The Morgan fingerprint density at radius 1 is 1.19 bits per heavy atom. The van der Waals surface area contributed by atoms with Crippen molar-refractivity contribution in [2.24, 2.45) is 0 Å². The van der Waals surface area contributed by atoms with Crippen molar-refractivity contribution in [3.8, 4) is 0 Å². The van der Waals surface area contributed by atoms with Gasteiger partial charge in [0.05, 0.1) is 5.39 Å². The monoisotopic (exact) mass is 337 g/mol. The van der Waals surface area contributed by atoms with Crippen molar-refractivity contribution in [2.45, 2.75) is 13.5 Å². The van der Waals surface area contributed by atoms with Gasteiger partial charge in [0, 0.05) is 23.5 Å². The number of hydrogen-bond acceptors (Lipinski definition) is 4. The summed E-state index contributed by atoms with van der Waals surface area (Å²) in [7, 11) is 1.99. The first-order valence-electron chi connectivity index (χ1n) is 6.42. The van der Waals surface area contributed by atoms with E-state index in [0.29, 0.717) is 6.54 Å². The van der Waals surface area contributed by atoms with Gasteiger partial charge in [-0.05, 0) is 42.3 Å². The second-order valence-corrected chi connectivity index (χ2v) is 6.89. The molecule has 2 heterocycles. The second kappa shape index (κ2) is 5.79. The lowest BCUT2D eigenvalue weighted by Gasteiger charge is -2.19. The minimum Gasteiger partial charge on any atom is -0.355 e. The molecule has 6 heteroatoms. The Kier molecular flexibility index (Phi) is 4.02. The van der Waals surface area contributed by atoms with Crippen molar-refractivity contribution in [1.82, 2.24) is 9.97 Å². The number of aryl methyl sites for hydroxylation is 1. The summed E-state index contributed by atoms with van der Waals surface area (Å²) >= 11 is 13.7. The molecular formula is C15H13Cl2N3S. The molecule has 0 N–H and O–H groups in total. The summed E-state index contributed by atoms with van der Waals surface area (Å²) in [6.45, 7) is 2.76. The van der Waals surface area contributed by atoms with Crippen molar-refractivity contribution in [1.29, 1.82) is 0 Å². The van der Waals surface area contributed by atoms with E-state index in [1.54, 1.807) is 11.3 Å². The third kappa shape index (κ3) is 3.12. The quantitative estimate of drug-likeness (QED) is 0.633. The summed E-state index contributed by atoms with van der Waals surface area (Å²) in [6, 6.07) is 9.91. The van der Waals surface area contributed by atoms with Gasteiger partial charge in [-0.1, -0.05) is 23.7 Å². The number of fused-ring (bicyclic) bond motifs is 1. The Morgan fingerprint density at radius 3 is 2.76 bits per heavy atom. The molecule has 108 valence electrons. The highest BCUT2D eigenvalue weighted by molar-refractivity contribution is 7.18. The van der Waals surface area contributed by atoms with Crippen LogP contribution in [0.5, 0.6) is 0 Å². The molecule has 0 unspecified atom stereocenters. The van der Waals surface area contributed by atoms with Gasteiger partial charge in [-0.2, -0.15) is 4.98 Å². The predicted molar refractivity (Wildman–Crippen MR) is 90.7 cm³/mol. The van der Waals surface area contributed by atoms with Gasteiger partial charge >= 0.3 is 0 Å². The van der Waals surface area contributed by atoms with Crippen LogP contribution in [0.25, 0.3) is 10.2 Å². The molecule has 0 amide bonds. The summed E-state index contributed by atoms with van der Waals surface area (Å²) in [4.78, 5) is 12.8. The van der Waals surface area contributed by atoms with Crippen LogP contribution in [0.1, 0.15) is 10.4 Å². The van der Waals surface area contributed by atoms with Gasteiger partial charge in [-0.15, -0.1) is 11.3 Å². The van der Waals surface area contributed by atoms with Crippen LogP contribution in [0.4, 0.5) is 5.82 Å². The lowest BCUT2D eigenvalue weighted by Crippen LogP contribution is -2.18. The van der Waals surface area contributed by atoms with E-state index in [1.165, 1.54) is 4.88 Å². The Morgan fingerprint density at radius 2 is 2.00 bits per heavy atom. The van der Waals surface area contributed by atoms with Crippen LogP contribution in [0.3, 0.4) is 0 Å². The maximum Gasteiger partial charge on any atom is 0.225 e. The largest absolute Gasteiger partial charge is 0.355 e. The third-order valence-electron chi connectivity index (χ3n) is 3.14. The van der Waals surface area contributed by atoms with Crippen LogP contribution in [0, 0.1) is 6.92 Å². The van der Waals surface area contributed by atoms with Crippen molar-refractivity contribution in [2.75, 3.05) is 11.9 Å². The van der Waals surface area contributed by atoms with Gasteiger partial charge in [0.2, 0.25) is 5.28 Å². The molecule has 0 saturated heterocycles. The van der Waals surface area contributed by atoms with Gasteiger partial charge in [0.15, 0.2) is 0 Å². The number of benzene rings is 1. The molecule has 0 bridgehead atoms. The Balaban J connectivity index is 1.99. The van der Waals surface area contributed by atoms with Crippen LogP contribution >= 0.6 is 34.5 Å². The van der Waals surface area contributed by atoms with Gasteiger partial charge < -0.3 is 4.90 Å². The van der Waals surface area contributed by atoms with Gasteiger partial charge in [-0.25, -0.2) is 4.98 Å². The number of nitrogens with zero attached hydrogens (tertiary/aromatic N) is 3.